The van der Waals surface area contributed by atoms with Crippen molar-refractivity contribution in [2.24, 2.45) is 0 Å². The van der Waals surface area contributed by atoms with Gasteiger partial charge >= 0.3 is 0 Å². The van der Waals surface area contributed by atoms with Gasteiger partial charge < -0.3 is 30.8 Å². The number of fused-ring (bicyclic) bond motifs is 3. The minimum atomic E-state index is 0. The van der Waals surface area contributed by atoms with Crippen LogP contribution in [0.3, 0.4) is 0 Å². The summed E-state index contributed by atoms with van der Waals surface area (Å²) in [6, 6.07) is 25.7. The number of rotatable bonds is 9. The van der Waals surface area contributed by atoms with Crippen molar-refractivity contribution >= 4 is 16.7 Å². The number of hydrogen-bond acceptors (Lipinski definition) is 4. The molecule has 0 radical (unpaired) electrons. The van der Waals surface area contributed by atoms with Gasteiger partial charge in [0.25, 0.3) is 5.56 Å². The van der Waals surface area contributed by atoms with Gasteiger partial charge in [-0.3, -0.25) is 9.20 Å². The average molecular weight is 631 g/mol. The Kier molecular flexibility index (Phi) is 9.13. The van der Waals surface area contributed by atoms with E-state index in [9.17, 15) is 4.79 Å². The molecule has 0 amide bonds. The van der Waals surface area contributed by atoms with Crippen molar-refractivity contribution in [1.29, 1.82) is 0 Å². The van der Waals surface area contributed by atoms with Gasteiger partial charge in [0.2, 0.25) is 5.88 Å². The molecule has 0 atom stereocenters. The summed E-state index contributed by atoms with van der Waals surface area (Å²) in [5.74, 6) is 2.00. The lowest BCUT2D eigenvalue weighted by Crippen LogP contribution is -3.00. The van der Waals surface area contributed by atoms with Crippen molar-refractivity contribution in [3.63, 3.8) is 0 Å². The van der Waals surface area contributed by atoms with E-state index in [1.165, 1.54) is 24.0 Å². The third-order valence-corrected chi connectivity index (χ3v) is 8.98. The van der Waals surface area contributed by atoms with E-state index in [4.69, 9.17) is 14.7 Å². The molecule has 2 aromatic carbocycles. The quantitative estimate of drug-likeness (QED) is 0.235. The fourth-order valence-electron chi connectivity index (χ4n) is 6.84. The van der Waals surface area contributed by atoms with Gasteiger partial charge in [0.05, 0.1) is 38.0 Å². The summed E-state index contributed by atoms with van der Waals surface area (Å²) in [6.07, 6.45) is 4.00. The Hall–Kier alpha value is -3.49. The lowest BCUT2D eigenvalue weighted by molar-refractivity contribution is -0.945. The second-order valence-electron chi connectivity index (χ2n) is 11.5. The zero-order valence-corrected chi connectivity index (χ0v) is 26.4. The number of pyridine rings is 1. The Morgan fingerprint density at radius 3 is 2.31 bits per heavy atom. The minimum absolute atomic E-state index is 0. The highest BCUT2D eigenvalue weighted by Gasteiger charge is 2.34. The molecule has 3 aromatic heterocycles. The van der Waals surface area contributed by atoms with Crippen molar-refractivity contribution in [2.45, 2.75) is 58.5 Å². The fraction of sp³-hybridized carbons (Fsp3) is 0.382. The predicted octanol–water partition coefficient (Wildman–Crippen LogP) is 2.91. The second-order valence-corrected chi connectivity index (χ2v) is 11.5. The molecule has 0 N–H and O–H groups in total. The van der Waals surface area contributed by atoms with Crippen LogP contribution in [0.25, 0.3) is 16.7 Å². The van der Waals surface area contributed by atoms with E-state index in [-0.39, 0.29) is 22.5 Å². The molecule has 5 aromatic rings. The van der Waals surface area contributed by atoms with Crippen LogP contribution in [-0.2, 0) is 19.5 Å². The smallest absolute Gasteiger partial charge is 0.277 e. The molecule has 0 unspecified atom stereocenters. The van der Waals surface area contributed by atoms with E-state index in [0.29, 0.717) is 23.9 Å². The van der Waals surface area contributed by atoms with E-state index in [1.54, 1.807) is 7.11 Å². The van der Waals surface area contributed by atoms with Gasteiger partial charge in [-0.15, -0.1) is 0 Å². The number of likely N-dealkylation sites (tertiary alicyclic amines) is 1. The predicted molar refractivity (Wildman–Crippen MR) is 163 cm³/mol. The summed E-state index contributed by atoms with van der Waals surface area (Å²) in [5, 5.41) is 0. The Balaban J connectivity index is 0.00000353. The molecule has 0 saturated carbocycles. The number of quaternary nitrogens is 1. The summed E-state index contributed by atoms with van der Waals surface area (Å²) < 4.78 is 10.4. The van der Waals surface area contributed by atoms with Crippen molar-refractivity contribution in [2.75, 3.05) is 26.7 Å². The molecule has 8 heteroatoms. The zero-order valence-electron chi connectivity index (χ0n) is 24.8. The van der Waals surface area contributed by atoms with Gasteiger partial charge in [0.1, 0.15) is 17.9 Å². The number of nitrogens with zero attached hydrogens (tertiary/aromatic N) is 5. The maximum Gasteiger partial charge on any atom is 0.277 e. The van der Waals surface area contributed by atoms with E-state index >= 15 is 0 Å². The van der Waals surface area contributed by atoms with Crippen molar-refractivity contribution in [1.82, 2.24) is 18.9 Å². The first kappa shape index (κ1) is 30.0. The highest BCUT2D eigenvalue weighted by Crippen LogP contribution is 2.33. The maximum absolute atomic E-state index is 13.9. The molecule has 1 saturated heterocycles. The Morgan fingerprint density at radius 2 is 1.64 bits per heavy atom. The van der Waals surface area contributed by atoms with E-state index in [1.807, 2.05) is 28.0 Å². The van der Waals surface area contributed by atoms with Gasteiger partial charge in [-0.25, -0.2) is 4.98 Å². The highest BCUT2D eigenvalue weighted by molar-refractivity contribution is 5.77. The van der Waals surface area contributed by atoms with E-state index < -0.39 is 0 Å². The Labute approximate surface area is 258 Å². The van der Waals surface area contributed by atoms with E-state index in [2.05, 4.69) is 67.6 Å². The number of benzene rings is 2. The number of methoxy groups -OCH3 is 1. The molecule has 4 heterocycles. The first-order chi connectivity index (χ1) is 20.0. The van der Waals surface area contributed by atoms with Crippen LogP contribution in [0.5, 0.6) is 5.88 Å². The van der Waals surface area contributed by atoms with Crippen molar-refractivity contribution < 1.29 is 26.2 Å². The summed E-state index contributed by atoms with van der Waals surface area (Å²) in [4.78, 5) is 23.5. The normalized spacial score (nSPS) is 18.7. The molecule has 0 aliphatic carbocycles. The number of aromatic nitrogens is 4. The summed E-state index contributed by atoms with van der Waals surface area (Å²) in [7, 11) is 1.62. The highest BCUT2D eigenvalue weighted by atomic mass is 79.9. The molecule has 7 nitrogen and oxygen atoms in total. The van der Waals surface area contributed by atoms with Crippen LogP contribution < -0.4 is 27.3 Å². The molecular weight excluding hydrogens is 590 g/mol. The number of ether oxygens (including phenoxy) is 1. The average Bonchev–Trinajstić information content (AvgIpc) is 3.36. The van der Waals surface area contributed by atoms with E-state index in [0.717, 1.165) is 66.2 Å². The SMILES string of the molecule is CCc1nc(C)c2c(=O)n(CCC[N+]3(Cc4ccccc4)CCC(c4ccccc4)CC3)c3ccc(OC)nc3n12.[Br-]. The van der Waals surface area contributed by atoms with Crippen LogP contribution in [0.2, 0.25) is 0 Å². The molecule has 1 aliphatic rings. The second kappa shape index (κ2) is 12.8. The first-order valence-electron chi connectivity index (χ1n) is 14.9. The standard InChI is InChI=1S/C34H40N5O2.BrH/c1-4-30-35-25(2)32-34(40)37(29-16-17-31(41-3)36-33(29)38(30)32)20-11-21-39(24-26-12-7-5-8-13-26)22-18-28(19-23-39)27-14-9-6-10-15-27;/h5-10,12-17,28H,4,11,18-24H2,1-3H3;1H/q+1;/p-1. The Morgan fingerprint density at radius 1 is 0.952 bits per heavy atom. The number of imidazole rings is 1. The van der Waals surface area contributed by atoms with Crippen molar-refractivity contribution in [3.05, 3.63) is 106 Å². The molecule has 1 fully saturated rings. The third-order valence-electron chi connectivity index (χ3n) is 8.98. The summed E-state index contributed by atoms with van der Waals surface area (Å²) in [5.41, 5.74) is 5.78. The molecule has 6 rings (SSSR count). The van der Waals surface area contributed by atoms with Crippen LogP contribution in [0.15, 0.2) is 77.6 Å². The van der Waals surface area contributed by atoms with Gasteiger partial charge in [-0.2, -0.15) is 4.98 Å². The lowest BCUT2D eigenvalue weighted by Gasteiger charge is -2.44. The molecule has 1 aliphatic heterocycles. The number of halogens is 1. The Bertz CT molecular complexity index is 1710. The minimum Gasteiger partial charge on any atom is -1.00 e. The fourth-order valence-corrected chi connectivity index (χ4v) is 6.84. The number of hydrogen-bond donors (Lipinski definition) is 0. The van der Waals surface area contributed by atoms with Crippen molar-refractivity contribution in [3.8, 4) is 5.88 Å². The molecular formula is C34H40BrN5O2. The topological polar surface area (TPSA) is 61.4 Å². The van der Waals surface area contributed by atoms with Crippen LogP contribution >= 0.6 is 0 Å². The third kappa shape index (κ3) is 5.75. The summed E-state index contributed by atoms with van der Waals surface area (Å²) >= 11 is 0. The number of aryl methyl sites for hydroxylation is 3. The first-order valence-corrected chi connectivity index (χ1v) is 14.9. The van der Waals surface area contributed by atoms with Gasteiger partial charge in [0.15, 0.2) is 5.65 Å². The zero-order chi connectivity index (χ0) is 28.4. The molecule has 0 spiro atoms. The van der Waals surface area contributed by atoms with Crippen LogP contribution in [0.4, 0.5) is 0 Å². The van der Waals surface area contributed by atoms with Gasteiger partial charge in [-0.1, -0.05) is 67.6 Å². The summed E-state index contributed by atoms with van der Waals surface area (Å²) in [6.45, 7) is 8.95. The lowest BCUT2D eigenvalue weighted by atomic mass is 9.87. The molecule has 220 valence electrons. The van der Waals surface area contributed by atoms with Crippen LogP contribution in [0.1, 0.15) is 54.7 Å². The van der Waals surface area contributed by atoms with Crippen LogP contribution in [0, 0.1) is 6.92 Å². The molecule has 0 bridgehead atoms. The monoisotopic (exact) mass is 629 g/mol. The van der Waals surface area contributed by atoms with Gasteiger partial charge in [-0.05, 0) is 24.5 Å². The van der Waals surface area contributed by atoms with Crippen LogP contribution in [-0.4, -0.2) is 50.2 Å². The number of piperidine rings is 1. The van der Waals surface area contributed by atoms with Gasteiger partial charge in [0, 0.05) is 43.9 Å². The maximum atomic E-state index is 13.9. The largest absolute Gasteiger partial charge is 1.00 e. The molecule has 42 heavy (non-hydrogen) atoms.